The topological polar surface area (TPSA) is 86.4 Å². The molecule has 0 spiro atoms. The molecule has 0 aliphatic heterocycles. The smallest absolute Gasteiger partial charge is 0.534 e. The monoisotopic (exact) mass is 196 g/mol. The van der Waals surface area contributed by atoms with Gasteiger partial charge in [0, 0.05) is 5.56 Å². The maximum absolute atomic E-state index is 11.4. The van der Waals surface area contributed by atoms with Gasteiger partial charge in [-0.1, -0.05) is 30.3 Å². The molecule has 0 saturated carbocycles. The van der Waals surface area contributed by atoms with Crippen LogP contribution in [-0.2, 0) is 0 Å². The Bertz CT molecular complexity index is 324. The fraction of sp³-hybridized carbons (Fsp3) is 0.222. The van der Waals surface area contributed by atoms with Gasteiger partial charge >= 0.3 is 6.09 Å². The lowest BCUT2D eigenvalue weighted by Crippen LogP contribution is -2.54. The first-order valence-electron chi connectivity index (χ1n) is 4.13. The Morgan fingerprint density at radius 1 is 1.50 bits per heavy atom. The number of hydrogen-bond donors (Lipinski definition) is 2. The summed E-state index contributed by atoms with van der Waals surface area (Å²) in [6.07, 6.45) is -1.60. The van der Waals surface area contributed by atoms with E-state index >= 15 is 0 Å². The molecular weight excluding hydrogens is 184 g/mol. The van der Waals surface area contributed by atoms with Crippen LogP contribution < -0.4 is 5.84 Å². The van der Waals surface area contributed by atoms with E-state index in [4.69, 9.17) is 10.9 Å². The third-order valence-electron chi connectivity index (χ3n) is 2.16. The molecule has 1 amide bonds. The van der Waals surface area contributed by atoms with Gasteiger partial charge in [0.1, 0.15) is 6.04 Å². The van der Waals surface area contributed by atoms with Crippen LogP contribution in [0.3, 0.4) is 0 Å². The number of carboxylic acid groups (broad SMARTS) is 1. The first kappa shape index (κ1) is 10.6. The summed E-state index contributed by atoms with van der Waals surface area (Å²) in [4.78, 5) is 10.6. The van der Waals surface area contributed by atoms with Crippen molar-refractivity contribution in [2.45, 2.75) is 13.0 Å². The second-order valence-corrected chi connectivity index (χ2v) is 3.08. The third kappa shape index (κ3) is 1.90. The maximum atomic E-state index is 11.4. The zero-order valence-corrected chi connectivity index (χ0v) is 7.75. The van der Waals surface area contributed by atoms with Crippen molar-refractivity contribution in [3.63, 3.8) is 0 Å². The molecule has 1 rings (SSSR count). The fourth-order valence-electron chi connectivity index (χ4n) is 1.12. The van der Waals surface area contributed by atoms with Crippen LogP contribution in [0.5, 0.6) is 0 Å². The molecule has 0 saturated heterocycles. The highest BCUT2D eigenvalue weighted by Gasteiger charge is 2.31. The van der Waals surface area contributed by atoms with Crippen LogP contribution in [-0.4, -0.2) is 16.0 Å². The second-order valence-electron chi connectivity index (χ2n) is 3.08. The van der Waals surface area contributed by atoms with Gasteiger partial charge in [-0.25, -0.2) is 0 Å². The molecule has 1 aromatic rings. The minimum Gasteiger partial charge on any atom is -0.601 e. The van der Waals surface area contributed by atoms with Crippen molar-refractivity contribution >= 4 is 6.09 Å². The Balaban J connectivity index is 2.96. The minimum atomic E-state index is -1.80. The number of amides is 1. The highest BCUT2D eigenvalue weighted by atomic mass is 16.6. The van der Waals surface area contributed by atoms with Crippen molar-refractivity contribution in [2.24, 2.45) is 5.84 Å². The number of nitrogens with two attached hydrogens (primary N) is 1. The quantitative estimate of drug-likeness (QED) is 0.325. The SMILES string of the molecule is CC(c1ccccc1)[N+](N)([O-])C(=O)O. The van der Waals surface area contributed by atoms with Crippen LogP contribution in [0.2, 0.25) is 0 Å². The first-order chi connectivity index (χ1) is 6.46. The van der Waals surface area contributed by atoms with E-state index in [9.17, 15) is 10.0 Å². The predicted molar refractivity (Wildman–Crippen MR) is 50.7 cm³/mol. The molecule has 3 N–H and O–H groups in total. The molecule has 0 aliphatic carbocycles. The summed E-state index contributed by atoms with van der Waals surface area (Å²) in [5.41, 5.74) is 0.604. The van der Waals surface area contributed by atoms with E-state index in [1.807, 2.05) is 0 Å². The summed E-state index contributed by atoms with van der Waals surface area (Å²) >= 11 is 0. The van der Waals surface area contributed by atoms with Gasteiger partial charge < -0.3 is 10.3 Å². The van der Waals surface area contributed by atoms with Crippen molar-refractivity contribution < 1.29 is 14.7 Å². The maximum Gasteiger partial charge on any atom is 0.534 e. The Morgan fingerprint density at radius 2 is 2.00 bits per heavy atom. The summed E-state index contributed by atoms with van der Waals surface area (Å²) < 4.78 is -1.80. The molecule has 5 heteroatoms. The van der Waals surface area contributed by atoms with E-state index in [0.717, 1.165) is 0 Å². The van der Waals surface area contributed by atoms with Crippen molar-refractivity contribution in [3.05, 3.63) is 41.1 Å². The number of rotatable bonds is 2. The first-order valence-corrected chi connectivity index (χ1v) is 4.13. The fourth-order valence-corrected chi connectivity index (χ4v) is 1.12. The molecule has 2 unspecified atom stereocenters. The van der Waals surface area contributed by atoms with Gasteiger partial charge in [0.15, 0.2) is 0 Å². The molecule has 14 heavy (non-hydrogen) atoms. The zero-order chi connectivity index (χ0) is 10.8. The molecular formula is C9H12N2O3. The molecule has 0 aromatic heterocycles. The third-order valence-corrected chi connectivity index (χ3v) is 2.16. The van der Waals surface area contributed by atoms with E-state index < -0.39 is 16.9 Å². The lowest BCUT2D eigenvalue weighted by Gasteiger charge is -2.35. The summed E-state index contributed by atoms with van der Waals surface area (Å²) in [5, 5.41) is 20.0. The van der Waals surface area contributed by atoms with Gasteiger partial charge in [-0.3, -0.25) is 0 Å². The number of hydroxylamine groups is 2. The number of quaternary nitrogens is 1. The van der Waals surface area contributed by atoms with Gasteiger partial charge in [-0.05, 0) is 6.92 Å². The van der Waals surface area contributed by atoms with E-state index in [2.05, 4.69) is 0 Å². The average molecular weight is 196 g/mol. The van der Waals surface area contributed by atoms with Gasteiger partial charge in [0.2, 0.25) is 0 Å². The Morgan fingerprint density at radius 3 is 2.43 bits per heavy atom. The number of nitrogens with zero attached hydrogens (tertiary/aromatic N) is 1. The molecule has 0 aliphatic rings. The van der Waals surface area contributed by atoms with Crippen LogP contribution in [0.1, 0.15) is 18.5 Å². The van der Waals surface area contributed by atoms with E-state index in [1.165, 1.54) is 6.92 Å². The molecule has 0 bridgehead atoms. The largest absolute Gasteiger partial charge is 0.601 e. The molecule has 5 nitrogen and oxygen atoms in total. The van der Waals surface area contributed by atoms with Gasteiger partial charge in [-0.15, -0.1) is 0 Å². The molecule has 76 valence electrons. The average Bonchev–Trinajstić information content (AvgIpc) is 2.17. The van der Waals surface area contributed by atoms with Crippen molar-refractivity contribution in [1.82, 2.24) is 0 Å². The second kappa shape index (κ2) is 3.75. The van der Waals surface area contributed by atoms with Crippen LogP contribution in [0.4, 0.5) is 4.79 Å². The van der Waals surface area contributed by atoms with E-state index in [1.54, 1.807) is 30.3 Å². The Hall–Kier alpha value is -1.43. The molecule has 1 aromatic carbocycles. The lowest BCUT2D eigenvalue weighted by molar-refractivity contribution is -0.850. The number of benzene rings is 1. The van der Waals surface area contributed by atoms with Crippen LogP contribution in [0, 0.1) is 5.21 Å². The van der Waals surface area contributed by atoms with Gasteiger partial charge in [0.05, 0.1) is 0 Å². The molecule has 2 atom stereocenters. The Labute approximate surface area is 81.5 Å². The number of hydrogen-bond acceptors (Lipinski definition) is 3. The van der Waals surface area contributed by atoms with E-state index in [-0.39, 0.29) is 0 Å². The highest BCUT2D eigenvalue weighted by Crippen LogP contribution is 2.22. The van der Waals surface area contributed by atoms with Crippen LogP contribution in [0.15, 0.2) is 30.3 Å². The normalized spacial score (nSPS) is 17.1. The highest BCUT2D eigenvalue weighted by molar-refractivity contribution is 5.57. The zero-order valence-electron chi connectivity index (χ0n) is 7.75. The predicted octanol–water partition coefficient (Wildman–Crippen LogP) is 1.61. The summed E-state index contributed by atoms with van der Waals surface area (Å²) in [7, 11) is 0. The van der Waals surface area contributed by atoms with Crippen LogP contribution >= 0.6 is 0 Å². The van der Waals surface area contributed by atoms with E-state index in [0.29, 0.717) is 5.56 Å². The Kier molecular flexibility index (Phi) is 2.85. The lowest BCUT2D eigenvalue weighted by atomic mass is 10.1. The van der Waals surface area contributed by atoms with Crippen molar-refractivity contribution in [2.75, 3.05) is 0 Å². The molecule has 0 fully saturated rings. The van der Waals surface area contributed by atoms with Gasteiger partial charge in [-0.2, -0.15) is 15.4 Å². The summed E-state index contributed by atoms with van der Waals surface area (Å²) in [5.74, 6) is 5.12. The minimum absolute atomic E-state index is 0.604. The molecule has 0 radical (unpaired) electrons. The van der Waals surface area contributed by atoms with Crippen molar-refractivity contribution in [3.8, 4) is 0 Å². The number of carbonyl (C=O) groups is 1. The van der Waals surface area contributed by atoms with Crippen LogP contribution in [0.25, 0.3) is 0 Å². The van der Waals surface area contributed by atoms with Gasteiger partial charge in [0.25, 0.3) is 0 Å². The summed E-state index contributed by atoms with van der Waals surface area (Å²) in [6, 6.07) is 7.76. The standard InChI is InChI=1S/C9H12N2O3/c1-7(11(10,14)9(12)13)8-5-3-2-4-6-8/h2-7H,10H2,1H3,(H,12,13). The van der Waals surface area contributed by atoms with Crippen molar-refractivity contribution in [1.29, 1.82) is 0 Å². The molecule has 0 heterocycles. The summed E-state index contributed by atoms with van der Waals surface area (Å²) in [6.45, 7) is 1.48.